The van der Waals surface area contributed by atoms with E-state index in [1.54, 1.807) is 12.1 Å². The summed E-state index contributed by atoms with van der Waals surface area (Å²) >= 11 is 0. The van der Waals surface area contributed by atoms with Crippen LogP contribution in [0.3, 0.4) is 0 Å². The molecule has 1 atom stereocenters. The lowest BCUT2D eigenvalue weighted by molar-refractivity contribution is 0.244. The number of allylic oxidation sites excluding steroid dienone is 1. The van der Waals surface area contributed by atoms with E-state index in [2.05, 4.69) is 15.5 Å². The number of nitrogens with zero attached hydrogens (tertiary/aromatic N) is 3. The lowest BCUT2D eigenvalue weighted by Gasteiger charge is -2.35. The van der Waals surface area contributed by atoms with Gasteiger partial charge in [0.05, 0.1) is 17.3 Å². The zero-order valence-electron chi connectivity index (χ0n) is 20.0. The summed E-state index contributed by atoms with van der Waals surface area (Å²) in [5, 5.41) is 7.27. The Morgan fingerprint density at radius 1 is 0.943 bits per heavy atom. The number of halogens is 1. The van der Waals surface area contributed by atoms with Crippen LogP contribution in [0.4, 0.5) is 14.9 Å². The van der Waals surface area contributed by atoms with Crippen molar-refractivity contribution in [1.29, 1.82) is 0 Å². The standard InChI is InChI=1S/C28H25FN4O2/c1-16-8-11-20(12-9-16)26-31-27(35-32-26)24-19(4)33(23-7-5-6-22(29)15-23)28(34)30-25(24)21-13-10-17(2)18(3)14-21/h5-15,25H,1-4H3,(H,30,34). The summed E-state index contributed by atoms with van der Waals surface area (Å²) in [5.74, 6) is 0.316. The van der Waals surface area contributed by atoms with Crippen molar-refractivity contribution in [2.24, 2.45) is 0 Å². The first-order chi connectivity index (χ1) is 16.8. The molecular weight excluding hydrogens is 443 g/mol. The van der Waals surface area contributed by atoms with Crippen LogP contribution in [-0.2, 0) is 0 Å². The molecule has 1 aliphatic heterocycles. The van der Waals surface area contributed by atoms with E-state index in [-0.39, 0.29) is 6.03 Å². The molecule has 0 fully saturated rings. The maximum atomic E-state index is 14.0. The molecule has 2 heterocycles. The van der Waals surface area contributed by atoms with Crippen LogP contribution >= 0.6 is 0 Å². The van der Waals surface area contributed by atoms with Crippen LogP contribution < -0.4 is 10.2 Å². The first-order valence-electron chi connectivity index (χ1n) is 11.4. The molecule has 1 unspecified atom stereocenters. The number of nitrogens with one attached hydrogen (secondary N) is 1. The van der Waals surface area contributed by atoms with E-state index < -0.39 is 11.9 Å². The molecule has 176 valence electrons. The summed E-state index contributed by atoms with van der Waals surface area (Å²) in [5.41, 5.74) is 6.76. The van der Waals surface area contributed by atoms with Crippen LogP contribution in [0.5, 0.6) is 0 Å². The van der Waals surface area contributed by atoms with E-state index >= 15 is 0 Å². The highest BCUT2D eigenvalue weighted by Gasteiger charge is 2.36. The van der Waals surface area contributed by atoms with Gasteiger partial charge >= 0.3 is 6.03 Å². The molecule has 0 aliphatic carbocycles. The summed E-state index contributed by atoms with van der Waals surface area (Å²) in [4.78, 5) is 19.4. The van der Waals surface area contributed by atoms with E-state index in [9.17, 15) is 9.18 Å². The maximum absolute atomic E-state index is 14.0. The molecule has 3 aromatic carbocycles. The Morgan fingerprint density at radius 3 is 2.43 bits per heavy atom. The van der Waals surface area contributed by atoms with E-state index in [1.165, 1.54) is 17.0 Å². The number of hydrogen-bond donors (Lipinski definition) is 1. The molecule has 0 radical (unpaired) electrons. The van der Waals surface area contributed by atoms with Gasteiger partial charge in [0.25, 0.3) is 5.89 Å². The van der Waals surface area contributed by atoms with Crippen LogP contribution in [0.1, 0.15) is 41.1 Å². The van der Waals surface area contributed by atoms with Crippen LogP contribution in [0, 0.1) is 26.6 Å². The first kappa shape index (κ1) is 22.5. The van der Waals surface area contributed by atoms with Gasteiger partial charge in [-0.05, 0) is 62.6 Å². The van der Waals surface area contributed by atoms with Gasteiger partial charge in [-0.3, -0.25) is 4.90 Å². The predicted octanol–water partition coefficient (Wildman–Crippen LogP) is 6.50. The minimum atomic E-state index is -0.516. The molecule has 0 bridgehead atoms. The van der Waals surface area contributed by atoms with Crippen molar-refractivity contribution in [1.82, 2.24) is 15.5 Å². The highest BCUT2D eigenvalue weighted by molar-refractivity contribution is 6.01. The molecule has 4 aromatic rings. The van der Waals surface area contributed by atoms with Crippen LogP contribution in [0.2, 0.25) is 0 Å². The Bertz CT molecular complexity index is 1460. The average molecular weight is 469 g/mol. The summed E-state index contributed by atoms with van der Waals surface area (Å²) in [6, 6.07) is 18.9. The van der Waals surface area contributed by atoms with Crippen LogP contribution in [0.15, 0.2) is 77.0 Å². The van der Waals surface area contributed by atoms with Gasteiger partial charge in [0.1, 0.15) is 5.82 Å². The van der Waals surface area contributed by atoms with Crippen molar-refractivity contribution >= 4 is 17.3 Å². The first-order valence-corrected chi connectivity index (χ1v) is 11.4. The van der Waals surface area contributed by atoms with Gasteiger partial charge in [-0.15, -0.1) is 0 Å². The third-order valence-corrected chi connectivity index (χ3v) is 6.38. The van der Waals surface area contributed by atoms with E-state index in [0.29, 0.717) is 28.7 Å². The molecule has 35 heavy (non-hydrogen) atoms. The molecule has 5 rings (SSSR count). The van der Waals surface area contributed by atoms with Gasteiger partial charge in [0.2, 0.25) is 5.82 Å². The number of aryl methyl sites for hydroxylation is 3. The number of carbonyl (C=O) groups is 1. The van der Waals surface area contributed by atoms with E-state index in [0.717, 1.165) is 27.8 Å². The zero-order valence-corrected chi connectivity index (χ0v) is 20.0. The van der Waals surface area contributed by atoms with Crippen molar-refractivity contribution in [2.45, 2.75) is 33.7 Å². The Morgan fingerprint density at radius 2 is 1.71 bits per heavy atom. The van der Waals surface area contributed by atoms with Crippen LogP contribution in [-0.4, -0.2) is 16.2 Å². The number of benzene rings is 3. The normalized spacial score (nSPS) is 16.0. The number of urea groups is 1. The lowest BCUT2D eigenvalue weighted by Crippen LogP contribution is -2.46. The minimum Gasteiger partial charge on any atom is -0.334 e. The lowest BCUT2D eigenvalue weighted by atomic mass is 9.92. The third-order valence-electron chi connectivity index (χ3n) is 6.38. The second-order valence-electron chi connectivity index (χ2n) is 8.83. The van der Waals surface area contributed by atoms with Crippen molar-refractivity contribution in [3.8, 4) is 11.4 Å². The number of anilines is 1. The zero-order chi connectivity index (χ0) is 24.7. The van der Waals surface area contributed by atoms with Crippen molar-refractivity contribution in [3.05, 3.63) is 106 Å². The van der Waals surface area contributed by atoms with Crippen molar-refractivity contribution < 1.29 is 13.7 Å². The molecule has 1 N–H and O–H groups in total. The maximum Gasteiger partial charge on any atom is 0.327 e. The van der Waals surface area contributed by atoms with Gasteiger partial charge in [0.15, 0.2) is 0 Å². The largest absolute Gasteiger partial charge is 0.334 e. The van der Waals surface area contributed by atoms with Gasteiger partial charge < -0.3 is 9.84 Å². The molecule has 7 heteroatoms. The van der Waals surface area contributed by atoms with Gasteiger partial charge in [-0.2, -0.15) is 4.98 Å². The topological polar surface area (TPSA) is 71.3 Å². The molecular formula is C28H25FN4O2. The second kappa shape index (κ2) is 8.83. The smallest absolute Gasteiger partial charge is 0.327 e. The number of amides is 2. The molecule has 6 nitrogen and oxygen atoms in total. The number of carbonyl (C=O) groups excluding carboxylic acids is 1. The molecule has 1 aliphatic rings. The monoisotopic (exact) mass is 468 g/mol. The second-order valence-corrected chi connectivity index (χ2v) is 8.83. The molecule has 2 amide bonds. The molecule has 0 saturated heterocycles. The van der Waals surface area contributed by atoms with Gasteiger partial charge in [-0.1, -0.05) is 59.3 Å². The Balaban J connectivity index is 1.67. The highest BCUT2D eigenvalue weighted by Crippen LogP contribution is 2.39. The number of hydrogen-bond acceptors (Lipinski definition) is 4. The molecule has 1 aromatic heterocycles. The fourth-order valence-electron chi connectivity index (χ4n) is 4.29. The van der Waals surface area contributed by atoms with E-state index in [1.807, 2.05) is 70.2 Å². The summed E-state index contributed by atoms with van der Waals surface area (Å²) < 4.78 is 19.8. The summed E-state index contributed by atoms with van der Waals surface area (Å²) in [7, 11) is 0. The van der Waals surface area contributed by atoms with E-state index in [4.69, 9.17) is 4.52 Å². The number of aromatic nitrogens is 2. The number of rotatable bonds is 4. The Kier molecular flexibility index (Phi) is 5.68. The molecule has 0 saturated carbocycles. The Labute approximate surface area is 203 Å². The van der Waals surface area contributed by atoms with Crippen molar-refractivity contribution in [2.75, 3.05) is 4.90 Å². The average Bonchev–Trinajstić information content (AvgIpc) is 3.31. The highest BCUT2D eigenvalue weighted by atomic mass is 19.1. The fraction of sp³-hybridized carbons (Fsp3) is 0.179. The molecule has 0 spiro atoms. The van der Waals surface area contributed by atoms with Gasteiger partial charge in [0, 0.05) is 11.3 Å². The minimum absolute atomic E-state index is 0.294. The van der Waals surface area contributed by atoms with Crippen molar-refractivity contribution in [3.63, 3.8) is 0 Å². The van der Waals surface area contributed by atoms with Gasteiger partial charge in [-0.25, -0.2) is 9.18 Å². The van der Waals surface area contributed by atoms with Crippen LogP contribution in [0.25, 0.3) is 17.0 Å². The third kappa shape index (κ3) is 4.21. The predicted molar refractivity (Wildman–Crippen MR) is 133 cm³/mol. The quantitative estimate of drug-likeness (QED) is 0.371. The summed E-state index contributed by atoms with van der Waals surface area (Å²) in [6.45, 7) is 7.89. The SMILES string of the molecule is CC1=C(c2nc(-c3ccc(C)cc3)no2)C(c2ccc(C)c(C)c2)NC(=O)N1c1cccc(F)c1. The Hall–Kier alpha value is -4.26. The fourth-order valence-corrected chi connectivity index (χ4v) is 4.29. The summed E-state index contributed by atoms with van der Waals surface area (Å²) in [6.07, 6.45) is 0.